The molecule has 8 nitrogen and oxygen atoms in total. The number of fused-ring (bicyclic) bond motifs is 5. The third-order valence-electron chi connectivity index (χ3n) is 6.51. The summed E-state index contributed by atoms with van der Waals surface area (Å²) in [6.07, 6.45) is 3.85. The van der Waals surface area contributed by atoms with Gasteiger partial charge in [-0.25, -0.2) is 9.18 Å². The average molecular weight is 432 g/mol. The molecule has 9 heteroatoms. The summed E-state index contributed by atoms with van der Waals surface area (Å²) in [6.45, 7) is 2.00. The lowest BCUT2D eigenvalue weighted by molar-refractivity contribution is -0.0470. The summed E-state index contributed by atoms with van der Waals surface area (Å²) in [5.41, 5.74) is -1.15. The molecule has 0 unspecified atom stereocenters. The third kappa shape index (κ3) is 3.18. The second kappa shape index (κ2) is 7.20. The van der Waals surface area contributed by atoms with E-state index in [2.05, 4.69) is 0 Å². The molecule has 1 aromatic heterocycles. The number of carbonyl (C=O) groups is 1. The number of hydrogen-bond acceptors (Lipinski definition) is 7. The number of aliphatic hydroxyl groups is 2. The molecule has 5 rings (SSSR count). The summed E-state index contributed by atoms with van der Waals surface area (Å²) in [7, 11) is 0. The van der Waals surface area contributed by atoms with E-state index in [0.29, 0.717) is 24.2 Å². The van der Waals surface area contributed by atoms with Crippen LogP contribution in [0.1, 0.15) is 49.0 Å². The summed E-state index contributed by atoms with van der Waals surface area (Å²) in [4.78, 5) is 27.3. The predicted octanol–water partition coefficient (Wildman–Crippen LogP) is 1.74. The zero-order valence-corrected chi connectivity index (χ0v) is 17.3. The van der Waals surface area contributed by atoms with E-state index in [1.807, 2.05) is 9.47 Å². The van der Waals surface area contributed by atoms with E-state index in [1.54, 1.807) is 6.92 Å². The van der Waals surface area contributed by atoms with Crippen LogP contribution in [0.25, 0.3) is 10.9 Å². The van der Waals surface area contributed by atoms with Crippen LogP contribution >= 0.6 is 0 Å². The number of pyridine rings is 1. The Hall–Kier alpha value is -2.65. The Labute approximate surface area is 177 Å². The molecule has 0 spiro atoms. The summed E-state index contributed by atoms with van der Waals surface area (Å²) in [6, 6.07) is 0.995. The van der Waals surface area contributed by atoms with E-state index in [4.69, 9.17) is 9.47 Å². The summed E-state index contributed by atoms with van der Waals surface area (Å²) < 4.78 is 28.2. The summed E-state index contributed by atoms with van der Waals surface area (Å²) >= 11 is 0. The maximum absolute atomic E-state index is 15.4. The van der Waals surface area contributed by atoms with Gasteiger partial charge in [-0.3, -0.25) is 4.79 Å². The molecule has 31 heavy (non-hydrogen) atoms. The number of carbonyl (C=O) groups excluding carboxylic acids is 1. The van der Waals surface area contributed by atoms with E-state index in [1.165, 1.54) is 12.3 Å². The first-order chi connectivity index (χ1) is 14.9. The van der Waals surface area contributed by atoms with Gasteiger partial charge in [-0.05, 0) is 32.3 Å². The average Bonchev–Trinajstić information content (AvgIpc) is 3.59. The number of rotatable bonds is 4. The summed E-state index contributed by atoms with van der Waals surface area (Å²) in [5.74, 6) is -1.04. The van der Waals surface area contributed by atoms with Crippen LogP contribution in [0.2, 0.25) is 0 Å². The monoisotopic (exact) mass is 432 g/mol. The Bertz CT molecular complexity index is 1130. The number of ether oxygens (including phenoxy) is 2. The van der Waals surface area contributed by atoms with Gasteiger partial charge in [0.15, 0.2) is 11.6 Å². The third-order valence-corrected chi connectivity index (χ3v) is 6.51. The molecule has 0 amide bonds. The highest BCUT2D eigenvalue weighted by Gasteiger charge is 2.43. The van der Waals surface area contributed by atoms with Crippen LogP contribution in [0.15, 0.2) is 17.1 Å². The van der Waals surface area contributed by atoms with E-state index in [-0.39, 0.29) is 55.0 Å². The minimum absolute atomic E-state index is 0.0935. The Kier molecular flexibility index (Phi) is 4.71. The first-order valence-electron chi connectivity index (χ1n) is 10.7. The topological polar surface area (TPSA) is 101 Å². The molecule has 2 aliphatic heterocycles. The molecular formula is C22H25FN2O6. The zero-order chi connectivity index (χ0) is 21.9. The van der Waals surface area contributed by atoms with Gasteiger partial charge in [0, 0.05) is 25.2 Å². The number of piperidine rings is 1. The molecule has 2 fully saturated rings. The predicted molar refractivity (Wildman–Crippen MR) is 110 cm³/mol. The highest BCUT2D eigenvalue weighted by molar-refractivity contribution is 5.98. The zero-order valence-electron chi connectivity index (χ0n) is 17.3. The van der Waals surface area contributed by atoms with Crippen LogP contribution in [-0.2, 0) is 4.74 Å². The molecule has 3 heterocycles. The minimum atomic E-state index is -1.21. The van der Waals surface area contributed by atoms with Crippen LogP contribution in [-0.4, -0.2) is 58.8 Å². The number of benzene rings is 1. The van der Waals surface area contributed by atoms with Gasteiger partial charge in [-0.1, -0.05) is 0 Å². The Morgan fingerprint density at radius 1 is 1.39 bits per heavy atom. The molecule has 1 saturated heterocycles. The number of aliphatic hydroxyl groups excluding tert-OH is 1. The van der Waals surface area contributed by atoms with Gasteiger partial charge < -0.3 is 29.2 Å². The molecule has 2 aromatic rings. The highest BCUT2D eigenvalue weighted by Crippen LogP contribution is 2.47. The highest BCUT2D eigenvalue weighted by atomic mass is 19.1. The van der Waals surface area contributed by atoms with Crippen LogP contribution in [0.5, 0.6) is 5.75 Å². The number of esters is 1. The molecule has 2 atom stereocenters. The van der Waals surface area contributed by atoms with Crippen LogP contribution in [0.4, 0.5) is 10.1 Å². The maximum atomic E-state index is 15.4. The maximum Gasteiger partial charge on any atom is 0.343 e. The van der Waals surface area contributed by atoms with Crippen LogP contribution in [0.3, 0.4) is 0 Å². The van der Waals surface area contributed by atoms with Crippen LogP contribution < -0.4 is 15.1 Å². The lowest BCUT2D eigenvalue weighted by atomic mass is 9.86. The SMILES string of the molecule is CCOC(=O)c1cn(C2CC2)c2c3c(c(F)cc2c1=O)N1CC[C@@](O)(CO)C[C@H]1CO3. The van der Waals surface area contributed by atoms with Gasteiger partial charge in [-0.2, -0.15) is 0 Å². The second-order valence-corrected chi connectivity index (χ2v) is 8.66. The number of nitrogens with zero attached hydrogens (tertiary/aromatic N) is 2. The molecular weight excluding hydrogens is 407 g/mol. The Morgan fingerprint density at radius 3 is 2.84 bits per heavy atom. The van der Waals surface area contributed by atoms with Crippen molar-refractivity contribution < 1.29 is 28.9 Å². The van der Waals surface area contributed by atoms with Gasteiger partial charge in [0.1, 0.15) is 17.9 Å². The fraction of sp³-hybridized carbons (Fsp3) is 0.545. The van der Waals surface area contributed by atoms with Crippen molar-refractivity contribution in [2.75, 3.05) is 31.3 Å². The fourth-order valence-electron chi connectivity index (χ4n) is 4.77. The van der Waals surface area contributed by atoms with Crippen molar-refractivity contribution in [2.45, 2.75) is 50.3 Å². The van der Waals surface area contributed by atoms with E-state index in [9.17, 15) is 19.8 Å². The van der Waals surface area contributed by atoms with E-state index < -0.39 is 22.8 Å². The van der Waals surface area contributed by atoms with E-state index >= 15 is 4.39 Å². The quantitative estimate of drug-likeness (QED) is 0.710. The largest absolute Gasteiger partial charge is 0.487 e. The number of aromatic nitrogens is 1. The van der Waals surface area contributed by atoms with Gasteiger partial charge in [-0.15, -0.1) is 0 Å². The van der Waals surface area contributed by atoms with Gasteiger partial charge in [0.25, 0.3) is 0 Å². The molecule has 1 aliphatic carbocycles. The molecule has 2 N–H and O–H groups in total. The molecule has 0 radical (unpaired) electrons. The van der Waals surface area contributed by atoms with Gasteiger partial charge >= 0.3 is 5.97 Å². The molecule has 3 aliphatic rings. The van der Waals surface area contributed by atoms with Crippen LogP contribution in [0, 0.1) is 5.82 Å². The number of hydrogen-bond donors (Lipinski definition) is 2. The first-order valence-corrected chi connectivity index (χ1v) is 10.7. The molecule has 1 aromatic carbocycles. The van der Waals surface area contributed by atoms with Crippen molar-refractivity contribution >= 4 is 22.6 Å². The Balaban J connectivity index is 1.70. The van der Waals surface area contributed by atoms with Crippen molar-refractivity contribution in [2.24, 2.45) is 0 Å². The number of anilines is 1. The van der Waals surface area contributed by atoms with Gasteiger partial charge in [0.05, 0.1) is 35.8 Å². The van der Waals surface area contributed by atoms with Crippen molar-refractivity contribution in [3.8, 4) is 5.75 Å². The smallest absolute Gasteiger partial charge is 0.343 e. The lowest BCUT2D eigenvalue weighted by Crippen LogP contribution is -2.56. The van der Waals surface area contributed by atoms with Crippen molar-refractivity contribution in [3.63, 3.8) is 0 Å². The summed E-state index contributed by atoms with van der Waals surface area (Å²) in [5, 5.41) is 20.1. The van der Waals surface area contributed by atoms with E-state index in [0.717, 1.165) is 12.8 Å². The first kappa shape index (κ1) is 20.3. The molecule has 166 valence electrons. The lowest BCUT2D eigenvalue weighted by Gasteiger charge is -2.47. The fourth-order valence-corrected chi connectivity index (χ4v) is 4.77. The Morgan fingerprint density at radius 2 is 2.16 bits per heavy atom. The standard InChI is InChI=1S/C22H25FN2O6/c1-2-30-21(28)15-9-25(12-3-4-12)17-14(19(15)27)7-16(23)18-20(17)31-10-13-8-22(29,11-26)5-6-24(13)18/h7,9,12-13,26,29H,2-6,8,10-11H2,1H3/t13-,22-/m0/s1. The molecule has 0 bridgehead atoms. The normalized spacial score (nSPS) is 25.0. The number of halogens is 1. The molecule has 1 saturated carbocycles. The van der Waals surface area contributed by atoms with Crippen molar-refractivity contribution in [3.05, 3.63) is 33.9 Å². The van der Waals surface area contributed by atoms with Crippen molar-refractivity contribution in [1.29, 1.82) is 0 Å². The minimum Gasteiger partial charge on any atom is -0.487 e. The van der Waals surface area contributed by atoms with Crippen molar-refractivity contribution in [1.82, 2.24) is 4.57 Å². The van der Waals surface area contributed by atoms with Gasteiger partial charge in [0.2, 0.25) is 5.43 Å². The second-order valence-electron chi connectivity index (χ2n) is 8.66.